The maximum Gasteiger partial charge on any atom is 0.492 e. The van der Waals surface area contributed by atoms with Crippen LogP contribution < -0.4 is 5.46 Å². The van der Waals surface area contributed by atoms with Crippen molar-refractivity contribution in [3.05, 3.63) is 53.6 Å². The lowest BCUT2D eigenvalue weighted by molar-refractivity contribution is -0.0128. The van der Waals surface area contributed by atoms with Crippen molar-refractivity contribution in [1.29, 1.82) is 0 Å². The average molecular weight is 428 g/mol. The van der Waals surface area contributed by atoms with Crippen molar-refractivity contribution in [2.45, 2.75) is 79.8 Å². The number of hydrogen-bond acceptors (Lipinski definition) is 2. The summed E-state index contributed by atoms with van der Waals surface area (Å²) in [5.74, 6) is 0.788. The van der Waals surface area contributed by atoms with Crippen molar-refractivity contribution in [3.63, 3.8) is 0 Å². The first-order valence-electron chi connectivity index (χ1n) is 11.9. The van der Waals surface area contributed by atoms with Gasteiger partial charge in [-0.3, -0.25) is 0 Å². The van der Waals surface area contributed by atoms with E-state index in [0.717, 1.165) is 10.8 Å². The first-order valence-corrected chi connectivity index (χ1v) is 11.9. The summed E-state index contributed by atoms with van der Waals surface area (Å²) >= 11 is 0. The van der Waals surface area contributed by atoms with Crippen molar-refractivity contribution in [2.75, 3.05) is 0 Å². The molecule has 0 aromatic heterocycles. The van der Waals surface area contributed by atoms with Gasteiger partial charge in [-0.25, -0.2) is 0 Å². The highest BCUT2D eigenvalue weighted by Gasteiger charge is 2.38. The highest BCUT2D eigenvalue weighted by Crippen LogP contribution is 2.40. The monoisotopic (exact) mass is 428 g/mol. The van der Waals surface area contributed by atoms with Gasteiger partial charge in [0, 0.05) is 0 Å². The zero-order valence-electron chi connectivity index (χ0n) is 21.1. The summed E-state index contributed by atoms with van der Waals surface area (Å²) in [4.78, 5) is 0. The molecule has 0 atom stereocenters. The second-order valence-corrected chi connectivity index (χ2v) is 11.5. The molecule has 1 N–H and O–H groups in total. The van der Waals surface area contributed by atoms with Crippen LogP contribution in [0.15, 0.2) is 42.5 Å². The van der Waals surface area contributed by atoms with Crippen LogP contribution in [0.25, 0.3) is 32.3 Å². The molecule has 0 bridgehead atoms. The Labute approximate surface area is 193 Å². The third kappa shape index (κ3) is 3.60. The van der Waals surface area contributed by atoms with Crippen LogP contribution in [0.4, 0.5) is 0 Å². The molecule has 0 spiro atoms. The van der Waals surface area contributed by atoms with E-state index in [2.05, 4.69) is 105 Å². The van der Waals surface area contributed by atoms with Crippen LogP contribution in [0.3, 0.4) is 0 Å². The van der Waals surface area contributed by atoms with E-state index in [-0.39, 0.29) is 5.41 Å². The van der Waals surface area contributed by atoms with E-state index in [0.29, 0.717) is 11.8 Å². The first-order chi connectivity index (χ1) is 14.8. The fourth-order valence-corrected chi connectivity index (χ4v) is 4.68. The van der Waals surface area contributed by atoms with Gasteiger partial charge in [0.2, 0.25) is 0 Å². The zero-order valence-corrected chi connectivity index (χ0v) is 21.1. The molecule has 4 aromatic rings. The number of rotatable bonds is 5. The van der Waals surface area contributed by atoms with E-state index in [1.807, 2.05) is 0 Å². The molecular weight excluding hydrogens is 391 g/mol. The molecule has 0 amide bonds. The van der Waals surface area contributed by atoms with Gasteiger partial charge in [-0.2, -0.15) is 0 Å². The third-order valence-electron chi connectivity index (χ3n) is 7.60. The van der Waals surface area contributed by atoms with Crippen LogP contribution >= 0.6 is 0 Å². The Hall–Kier alpha value is -2.10. The van der Waals surface area contributed by atoms with Crippen molar-refractivity contribution in [2.24, 2.45) is 5.41 Å². The van der Waals surface area contributed by atoms with E-state index in [4.69, 9.17) is 4.65 Å². The summed E-state index contributed by atoms with van der Waals surface area (Å²) in [5.41, 5.74) is 2.90. The molecule has 0 radical (unpaired) electrons. The van der Waals surface area contributed by atoms with Gasteiger partial charge in [-0.05, 0) is 80.0 Å². The van der Waals surface area contributed by atoms with Gasteiger partial charge < -0.3 is 9.68 Å². The largest absolute Gasteiger partial charge is 0.492 e. The Morgan fingerprint density at radius 2 is 1.25 bits per heavy atom. The van der Waals surface area contributed by atoms with Gasteiger partial charge in [0.1, 0.15) is 0 Å². The second-order valence-electron chi connectivity index (χ2n) is 11.5. The molecule has 0 aliphatic heterocycles. The Morgan fingerprint density at radius 1 is 0.719 bits per heavy atom. The zero-order chi connectivity index (χ0) is 23.6. The van der Waals surface area contributed by atoms with E-state index < -0.39 is 12.7 Å². The minimum Gasteiger partial charge on any atom is -0.423 e. The minimum atomic E-state index is -0.990. The van der Waals surface area contributed by atoms with Gasteiger partial charge in [0.25, 0.3) is 0 Å². The average Bonchev–Trinajstić information content (AvgIpc) is 2.69. The summed E-state index contributed by atoms with van der Waals surface area (Å²) in [6.45, 7) is 19.5. The molecule has 0 fully saturated rings. The molecule has 4 rings (SSSR count). The molecular formula is C29H37BO2. The third-order valence-corrected chi connectivity index (χ3v) is 7.60. The smallest absolute Gasteiger partial charge is 0.423 e. The van der Waals surface area contributed by atoms with Gasteiger partial charge in [-0.1, -0.05) is 90.9 Å². The second kappa shape index (κ2) is 7.75. The van der Waals surface area contributed by atoms with Crippen LogP contribution in [0.5, 0.6) is 0 Å². The summed E-state index contributed by atoms with van der Waals surface area (Å²) in [6, 6.07) is 15.6. The molecule has 0 aliphatic rings. The minimum absolute atomic E-state index is 0.106. The Balaban J connectivity index is 2.06. The summed E-state index contributed by atoms with van der Waals surface area (Å²) < 4.78 is 6.33. The summed E-state index contributed by atoms with van der Waals surface area (Å²) in [6.07, 6.45) is 0. The van der Waals surface area contributed by atoms with Crippen molar-refractivity contribution in [1.82, 2.24) is 0 Å². The van der Waals surface area contributed by atoms with Crippen molar-refractivity contribution < 1.29 is 9.68 Å². The molecule has 3 heteroatoms. The quantitative estimate of drug-likeness (QED) is 0.266. The Bertz CT molecular complexity index is 1280. The van der Waals surface area contributed by atoms with E-state index in [1.165, 1.54) is 38.1 Å². The number of benzene rings is 4. The molecule has 0 saturated carbocycles. The van der Waals surface area contributed by atoms with Crippen LogP contribution in [0.1, 0.15) is 85.3 Å². The van der Waals surface area contributed by atoms with Crippen LogP contribution in [0.2, 0.25) is 0 Å². The maximum atomic E-state index is 11.4. The van der Waals surface area contributed by atoms with E-state index >= 15 is 0 Å². The first kappa shape index (κ1) is 23.1. The fourth-order valence-electron chi connectivity index (χ4n) is 4.68. The lowest BCUT2D eigenvalue weighted by Gasteiger charge is -2.40. The highest BCUT2D eigenvalue weighted by atomic mass is 16.5. The standard InChI is InChI=1S/C29H37BO2/c1-17(2)20-12-10-19-11-13-22-24(18(3)4)16-25(23-15-14-21(20)26(19)27(22)23)30(31)32-29(8,9)28(5,6)7/h10-18,31H,1-9H3. The van der Waals surface area contributed by atoms with Crippen LogP contribution in [-0.4, -0.2) is 17.7 Å². The van der Waals surface area contributed by atoms with Crippen molar-refractivity contribution >= 4 is 44.9 Å². The van der Waals surface area contributed by atoms with Gasteiger partial charge >= 0.3 is 7.12 Å². The predicted molar refractivity (Wildman–Crippen MR) is 141 cm³/mol. The molecule has 2 nitrogen and oxygen atoms in total. The SMILES string of the molecule is CC(C)c1ccc2ccc3c(C(C)C)cc(B(O)OC(C)(C)C(C)(C)C)c4ccc1c2c43. The molecule has 0 heterocycles. The van der Waals surface area contributed by atoms with Gasteiger partial charge in [-0.15, -0.1) is 0 Å². The topological polar surface area (TPSA) is 29.5 Å². The maximum absolute atomic E-state index is 11.4. The summed E-state index contributed by atoms with van der Waals surface area (Å²) in [7, 11) is -0.990. The normalized spacial score (nSPS) is 13.4. The highest BCUT2D eigenvalue weighted by molar-refractivity contribution is 6.64. The molecule has 4 aromatic carbocycles. The summed E-state index contributed by atoms with van der Waals surface area (Å²) in [5, 5.41) is 18.9. The lowest BCUT2D eigenvalue weighted by Crippen LogP contribution is -2.48. The van der Waals surface area contributed by atoms with Crippen LogP contribution in [-0.2, 0) is 4.65 Å². The molecule has 0 unspecified atom stereocenters. The van der Waals surface area contributed by atoms with Crippen molar-refractivity contribution in [3.8, 4) is 0 Å². The van der Waals surface area contributed by atoms with Crippen LogP contribution in [0, 0.1) is 5.41 Å². The molecule has 32 heavy (non-hydrogen) atoms. The predicted octanol–water partition coefficient (Wildman–Crippen LogP) is 7.36. The molecule has 0 aliphatic carbocycles. The number of hydrogen-bond donors (Lipinski definition) is 1. The molecule has 168 valence electrons. The lowest BCUT2D eigenvalue weighted by atomic mass is 9.70. The van der Waals surface area contributed by atoms with Gasteiger partial charge in [0.15, 0.2) is 0 Å². The van der Waals surface area contributed by atoms with Gasteiger partial charge in [0.05, 0.1) is 5.60 Å². The Morgan fingerprint density at radius 3 is 1.84 bits per heavy atom. The fraction of sp³-hybridized carbons (Fsp3) is 0.448. The Kier molecular flexibility index (Phi) is 5.59. The van der Waals surface area contributed by atoms with E-state index in [1.54, 1.807) is 0 Å². The molecule has 0 saturated heterocycles. The van der Waals surface area contributed by atoms with E-state index in [9.17, 15) is 5.02 Å².